The van der Waals surface area contributed by atoms with Gasteiger partial charge in [0.2, 0.25) is 0 Å². The Morgan fingerprint density at radius 1 is 0.964 bits per heavy atom. The zero-order valence-corrected chi connectivity index (χ0v) is 16.2. The van der Waals surface area contributed by atoms with Gasteiger partial charge in [-0.3, -0.25) is 4.79 Å². The number of urea groups is 1. The molecule has 0 saturated carbocycles. The number of benzene rings is 2. The van der Waals surface area contributed by atoms with Crippen molar-refractivity contribution in [1.29, 1.82) is 0 Å². The predicted molar refractivity (Wildman–Crippen MR) is 111 cm³/mol. The minimum atomic E-state index is -0.514. The number of ketones is 1. The number of hydrogen-bond acceptors (Lipinski definition) is 3. The van der Waals surface area contributed by atoms with Gasteiger partial charge in [-0.2, -0.15) is 0 Å². The molecule has 0 radical (unpaired) electrons. The van der Waals surface area contributed by atoms with E-state index in [0.717, 1.165) is 24.3 Å². The first-order valence-corrected chi connectivity index (χ1v) is 9.92. The second-order valence-electron chi connectivity index (χ2n) is 7.13. The summed E-state index contributed by atoms with van der Waals surface area (Å²) >= 11 is 5.97. The Balaban J connectivity index is 1.58. The number of Topliss-reactive ketones (excluding diaryl/α,β-unsaturated/α-hetero) is 1. The Morgan fingerprint density at radius 3 is 2.32 bits per heavy atom. The highest BCUT2D eigenvalue weighted by Gasteiger charge is 2.28. The predicted octanol–water partition coefficient (Wildman–Crippen LogP) is 4.45. The van der Waals surface area contributed by atoms with Crippen LogP contribution in [0.4, 0.5) is 10.5 Å². The third-order valence-corrected chi connectivity index (χ3v) is 5.51. The molecular formula is C22H22ClN3O2. The van der Waals surface area contributed by atoms with Gasteiger partial charge in [-0.1, -0.05) is 23.7 Å². The fraction of sp³-hybridized carbons (Fsp3) is 0.273. The molecule has 4 rings (SSSR count). The third kappa shape index (κ3) is 3.90. The first-order chi connectivity index (χ1) is 13.6. The van der Waals surface area contributed by atoms with Crippen molar-refractivity contribution in [3.63, 3.8) is 0 Å². The smallest absolute Gasteiger partial charge is 0.319 e. The Kier molecular flexibility index (Phi) is 5.35. The van der Waals surface area contributed by atoms with E-state index in [-0.39, 0.29) is 11.8 Å². The summed E-state index contributed by atoms with van der Waals surface area (Å²) in [6.07, 6.45) is 5.20. The Hall–Kier alpha value is -2.79. The number of piperidine rings is 1. The van der Waals surface area contributed by atoms with Gasteiger partial charge in [0.15, 0.2) is 5.78 Å². The van der Waals surface area contributed by atoms with Crippen LogP contribution >= 0.6 is 11.6 Å². The highest BCUT2D eigenvalue weighted by atomic mass is 35.5. The van der Waals surface area contributed by atoms with E-state index in [0.29, 0.717) is 16.2 Å². The van der Waals surface area contributed by atoms with Crippen LogP contribution in [0.2, 0.25) is 5.02 Å². The quantitative estimate of drug-likeness (QED) is 0.752. The van der Waals surface area contributed by atoms with Crippen LogP contribution in [0.25, 0.3) is 0 Å². The number of carbonyl (C=O) groups excluding carboxylic acids is 2. The lowest BCUT2D eigenvalue weighted by Gasteiger charge is -2.29. The summed E-state index contributed by atoms with van der Waals surface area (Å²) in [5.74, 6) is -0.113. The van der Waals surface area contributed by atoms with Crippen molar-refractivity contribution < 1.29 is 9.59 Å². The zero-order chi connectivity index (χ0) is 19.5. The van der Waals surface area contributed by atoms with Crippen LogP contribution in [-0.4, -0.2) is 24.9 Å². The second kappa shape index (κ2) is 8.07. The molecule has 0 aromatic heterocycles. The second-order valence-corrected chi connectivity index (χ2v) is 7.56. The highest BCUT2D eigenvalue weighted by molar-refractivity contribution is 6.30. The van der Waals surface area contributed by atoms with Gasteiger partial charge in [0, 0.05) is 41.1 Å². The van der Waals surface area contributed by atoms with Gasteiger partial charge in [-0.05, 0) is 61.2 Å². The highest BCUT2D eigenvalue weighted by Crippen LogP contribution is 2.28. The molecule has 1 atom stereocenters. The summed E-state index contributed by atoms with van der Waals surface area (Å²) in [5.41, 5.74) is 3.05. The van der Waals surface area contributed by atoms with Crippen LogP contribution in [-0.2, 0) is 0 Å². The summed E-state index contributed by atoms with van der Waals surface area (Å²) in [4.78, 5) is 27.3. The minimum Gasteiger partial charge on any atom is -0.372 e. The molecule has 1 unspecified atom stereocenters. The molecule has 6 heteroatoms. The maximum absolute atomic E-state index is 13.1. The average molecular weight is 396 g/mol. The molecule has 5 nitrogen and oxygen atoms in total. The molecule has 2 N–H and O–H groups in total. The Labute approximate surface area is 169 Å². The summed E-state index contributed by atoms with van der Waals surface area (Å²) in [7, 11) is 0. The summed E-state index contributed by atoms with van der Waals surface area (Å²) in [6, 6.07) is 14.0. The Morgan fingerprint density at radius 2 is 1.64 bits per heavy atom. The molecule has 2 aromatic rings. The van der Waals surface area contributed by atoms with Crippen molar-refractivity contribution in [3.05, 3.63) is 76.5 Å². The van der Waals surface area contributed by atoms with E-state index < -0.39 is 6.04 Å². The van der Waals surface area contributed by atoms with E-state index in [9.17, 15) is 9.59 Å². The molecule has 2 aromatic carbocycles. The van der Waals surface area contributed by atoms with Gasteiger partial charge >= 0.3 is 6.03 Å². The molecule has 2 heterocycles. The monoisotopic (exact) mass is 395 g/mol. The number of carbonyl (C=O) groups is 2. The van der Waals surface area contributed by atoms with Crippen molar-refractivity contribution in [2.24, 2.45) is 0 Å². The number of nitrogens with one attached hydrogen (secondary N) is 2. The first-order valence-electron chi connectivity index (χ1n) is 9.54. The van der Waals surface area contributed by atoms with Crippen LogP contribution in [0.15, 0.2) is 60.3 Å². The van der Waals surface area contributed by atoms with Crippen molar-refractivity contribution in [2.75, 3.05) is 18.0 Å². The number of anilines is 1. The van der Waals surface area contributed by atoms with Crippen LogP contribution < -0.4 is 15.5 Å². The number of nitrogens with zero attached hydrogens (tertiary/aromatic N) is 1. The van der Waals surface area contributed by atoms with E-state index in [2.05, 4.69) is 15.5 Å². The number of rotatable bonds is 4. The van der Waals surface area contributed by atoms with Gasteiger partial charge in [-0.15, -0.1) is 0 Å². The summed E-state index contributed by atoms with van der Waals surface area (Å²) in [6.45, 7) is 2.13. The molecule has 144 valence electrons. The maximum atomic E-state index is 13.1. The molecule has 2 aliphatic heterocycles. The van der Waals surface area contributed by atoms with Gasteiger partial charge in [0.25, 0.3) is 0 Å². The number of halogens is 1. The molecule has 1 saturated heterocycles. The first kappa shape index (κ1) is 18.6. The van der Waals surface area contributed by atoms with E-state index in [1.54, 1.807) is 12.1 Å². The van der Waals surface area contributed by atoms with E-state index in [1.165, 1.54) is 25.5 Å². The number of amides is 2. The Bertz CT molecular complexity index is 900. The average Bonchev–Trinajstić information content (AvgIpc) is 2.74. The van der Waals surface area contributed by atoms with Gasteiger partial charge in [-0.25, -0.2) is 4.79 Å². The van der Waals surface area contributed by atoms with Crippen molar-refractivity contribution in [2.45, 2.75) is 25.3 Å². The third-order valence-electron chi connectivity index (χ3n) is 5.26. The molecule has 2 amide bonds. The van der Waals surface area contributed by atoms with Crippen LogP contribution in [0, 0.1) is 0 Å². The number of hydrogen-bond donors (Lipinski definition) is 2. The fourth-order valence-electron chi connectivity index (χ4n) is 3.73. The molecule has 0 aliphatic carbocycles. The largest absolute Gasteiger partial charge is 0.372 e. The SMILES string of the molecule is O=C1NC=C(C(=O)c2ccc(N3CCCCC3)cc2)C(c2ccc(Cl)cc2)N1. The zero-order valence-electron chi connectivity index (χ0n) is 15.5. The molecular weight excluding hydrogens is 374 g/mol. The van der Waals surface area contributed by atoms with Crippen LogP contribution in [0.3, 0.4) is 0 Å². The molecule has 1 fully saturated rings. The lowest BCUT2D eigenvalue weighted by Crippen LogP contribution is -2.42. The standard InChI is InChI=1S/C22H22ClN3O2/c23-17-8-4-15(5-9-17)20-19(14-24-22(28)25-20)21(27)16-6-10-18(11-7-16)26-12-2-1-3-13-26/h4-11,14,20H,1-3,12-13H2,(H2,24,25,28). The lowest BCUT2D eigenvalue weighted by atomic mass is 9.92. The molecule has 2 aliphatic rings. The van der Waals surface area contributed by atoms with Gasteiger partial charge in [0.05, 0.1) is 6.04 Å². The van der Waals surface area contributed by atoms with Crippen molar-refractivity contribution in [1.82, 2.24) is 10.6 Å². The molecule has 0 spiro atoms. The van der Waals surface area contributed by atoms with Crippen LogP contribution in [0.5, 0.6) is 0 Å². The topological polar surface area (TPSA) is 61.4 Å². The lowest BCUT2D eigenvalue weighted by molar-refractivity contribution is 0.102. The van der Waals surface area contributed by atoms with Gasteiger partial charge in [0.1, 0.15) is 0 Å². The van der Waals surface area contributed by atoms with Crippen LogP contribution in [0.1, 0.15) is 41.2 Å². The van der Waals surface area contributed by atoms with Crippen molar-refractivity contribution in [3.8, 4) is 0 Å². The normalized spacial score (nSPS) is 19.5. The fourth-order valence-corrected chi connectivity index (χ4v) is 3.86. The molecule has 0 bridgehead atoms. The maximum Gasteiger partial charge on any atom is 0.319 e. The summed E-state index contributed by atoms with van der Waals surface area (Å²) < 4.78 is 0. The van der Waals surface area contributed by atoms with E-state index in [1.807, 2.05) is 36.4 Å². The van der Waals surface area contributed by atoms with Gasteiger partial charge < -0.3 is 15.5 Å². The minimum absolute atomic E-state index is 0.113. The van der Waals surface area contributed by atoms with E-state index in [4.69, 9.17) is 11.6 Å². The molecule has 28 heavy (non-hydrogen) atoms. The van der Waals surface area contributed by atoms with Crippen molar-refractivity contribution >= 4 is 29.1 Å². The summed E-state index contributed by atoms with van der Waals surface area (Å²) in [5, 5.41) is 6.02. The van der Waals surface area contributed by atoms with E-state index >= 15 is 0 Å².